The maximum atomic E-state index is 13.0. The van der Waals surface area contributed by atoms with Crippen molar-refractivity contribution in [3.63, 3.8) is 0 Å². The molecule has 132 valence electrons. The Kier molecular flexibility index (Phi) is 4.62. The van der Waals surface area contributed by atoms with E-state index in [0.717, 1.165) is 34.3 Å². The first-order valence-electron chi connectivity index (χ1n) is 8.95. The standard InChI is InChI=1S/C23H19N3O/c1-2-16-9-11-18(12-10-16)25-23(27)20-14-22(17-6-5-13-24-15-17)26-21-8-4-3-7-19(20)21/h3-15H,2H2,1H3,(H,25,27). The molecule has 0 spiro atoms. The Morgan fingerprint density at radius 1 is 1.00 bits per heavy atom. The number of rotatable bonds is 4. The van der Waals surface area contributed by atoms with Crippen molar-refractivity contribution in [3.05, 3.63) is 90.3 Å². The molecule has 0 aliphatic heterocycles. The van der Waals surface area contributed by atoms with Gasteiger partial charge in [0.05, 0.1) is 16.8 Å². The molecule has 4 nitrogen and oxygen atoms in total. The van der Waals surface area contributed by atoms with Crippen molar-refractivity contribution in [1.82, 2.24) is 9.97 Å². The maximum absolute atomic E-state index is 13.0. The van der Waals surface area contributed by atoms with Crippen LogP contribution in [0.3, 0.4) is 0 Å². The Bertz CT molecular complexity index is 1090. The SMILES string of the molecule is CCc1ccc(NC(=O)c2cc(-c3cccnc3)nc3ccccc23)cc1. The number of benzene rings is 2. The van der Waals surface area contributed by atoms with E-state index in [2.05, 4.69) is 17.2 Å². The molecule has 2 aromatic heterocycles. The molecule has 1 amide bonds. The number of hydrogen-bond donors (Lipinski definition) is 1. The fraction of sp³-hybridized carbons (Fsp3) is 0.0870. The number of aryl methyl sites for hydroxylation is 1. The molecule has 4 heteroatoms. The minimum atomic E-state index is -0.150. The summed E-state index contributed by atoms with van der Waals surface area (Å²) >= 11 is 0. The lowest BCUT2D eigenvalue weighted by atomic mass is 10.0. The fourth-order valence-corrected chi connectivity index (χ4v) is 3.05. The van der Waals surface area contributed by atoms with Crippen molar-refractivity contribution in [2.75, 3.05) is 5.32 Å². The summed E-state index contributed by atoms with van der Waals surface area (Å²) in [4.78, 5) is 21.9. The van der Waals surface area contributed by atoms with Gasteiger partial charge in [-0.15, -0.1) is 0 Å². The second kappa shape index (κ2) is 7.38. The number of aromatic nitrogens is 2. The zero-order chi connectivity index (χ0) is 18.6. The highest BCUT2D eigenvalue weighted by Gasteiger charge is 2.14. The van der Waals surface area contributed by atoms with Gasteiger partial charge in [-0.05, 0) is 48.4 Å². The first kappa shape index (κ1) is 16.9. The van der Waals surface area contributed by atoms with E-state index in [1.807, 2.05) is 66.7 Å². The number of carbonyl (C=O) groups excluding carboxylic acids is 1. The summed E-state index contributed by atoms with van der Waals surface area (Å²) in [5.74, 6) is -0.150. The lowest BCUT2D eigenvalue weighted by molar-refractivity contribution is 0.102. The van der Waals surface area contributed by atoms with Crippen LogP contribution in [0, 0.1) is 0 Å². The summed E-state index contributed by atoms with van der Waals surface area (Å²) < 4.78 is 0. The number of anilines is 1. The van der Waals surface area contributed by atoms with E-state index in [-0.39, 0.29) is 5.91 Å². The Balaban J connectivity index is 1.75. The van der Waals surface area contributed by atoms with Crippen LogP contribution >= 0.6 is 0 Å². The quantitative estimate of drug-likeness (QED) is 0.554. The summed E-state index contributed by atoms with van der Waals surface area (Å²) in [6, 6.07) is 21.2. The third kappa shape index (κ3) is 3.55. The van der Waals surface area contributed by atoms with E-state index >= 15 is 0 Å². The van der Waals surface area contributed by atoms with Gasteiger partial charge in [0.2, 0.25) is 0 Å². The Labute approximate surface area is 157 Å². The third-order valence-electron chi connectivity index (χ3n) is 4.54. The highest BCUT2D eigenvalue weighted by atomic mass is 16.1. The molecule has 0 saturated heterocycles. The van der Waals surface area contributed by atoms with Crippen LogP contribution in [0.25, 0.3) is 22.2 Å². The van der Waals surface area contributed by atoms with Crippen molar-refractivity contribution in [1.29, 1.82) is 0 Å². The molecule has 0 unspecified atom stereocenters. The molecule has 0 radical (unpaired) electrons. The number of para-hydroxylation sites is 1. The van der Waals surface area contributed by atoms with E-state index in [1.54, 1.807) is 12.4 Å². The first-order valence-corrected chi connectivity index (χ1v) is 8.95. The third-order valence-corrected chi connectivity index (χ3v) is 4.54. The largest absolute Gasteiger partial charge is 0.322 e. The van der Waals surface area contributed by atoms with Gasteiger partial charge in [0.15, 0.2) is 0 Å². The van der Waals surface area contributed by atoms with Gasteiger partial charge in [-0.25, -0.2) is 4.98 Å². The van der Waals surface area contributed by atoms with Gasteiger partial charge in [-0.3, -0.25) is 9.78 Å². The van der Waals surface area contributed by atoms with Crippen molar-refractivity contribution in [2.24, 2.45) is 0 Å². The monoisotopic (exact) mass is 353 g/mol. The number of nitrogens with zero attached hydrogens (tertiary/aromatic N) is 2. The van der Waals surface area contributed by atoms with E-state index in [9.17, 15) is 4.79 Å². The maximum Gasteiger partial charge on any atom is 0.256 e. The molecule has 0 fully saturated rings. The number of hydrogen-bond acceptors (Lipinski definition) is 3. The van der Waals surface area contributed by atoms with Gasteiger partial charge in [0.1, 0.15) is 0 Å². The van der Waals surface area contributed by atoms with Gasteiger partial charge >= 0.3 is 0 Å². The number of amides is 1. The molecule has 27 heavy (non-hydrogen) atoms. The van der Waals surface area contributed by atoms with Crippen LogP contribution in [0.15, 0.2) is 79.1 Å². The predicted molar refractivity (Wildman–Crippen MR) is 109 cm³/mol. The molecule has 1 N–H and O–H groups in total. The van der Waals surface area contributed by atoms with Crippen molar-refractivity contribution < 1.29 is 4.79 Å². The number of fused-ring (bicyclic) bond motifs is 1. The van der Waals surface area contributed by atoms with Crippen LogP contribution in [-0.4, -0.2) is 15.9 Å². The molecule has 0 atom stereocenters. The molecule has 4 rings (SSSR count). The molecular weight excluding hydrogens is 334 g/mol. The Morgan fingerprint density at radius 2 is 1.81 bits per heavy atom. The van der Waals surface area contributed by atoms with Crippen LogP contribution in [0.1, 0.15) is 22.8 Å². The molecule has 0 bridgehead atoms. The average molecular weight is 353 g/mol. The summed E-state index contributed by atoms with van der Waals surface area (Å²) in [6.07, 6.45) is 4.44. The summed E-state index contributed by atoms with van der Waals surface area (Å²) in [7, 11) is 0. The first-order chi connectivity index (χ1) is 13.2. The minimum absolute atomic E-state index is 0.150. The number of pyridine rings is 2. The summed E-state index contributed by atoms with van der Waals surface area (Å²) in [6.45, 7) is 2.11. The van der Waals surface area contributed by atoms with Gasteiger partial charge in [0, 0.05) is 29.0 Å². The normalized spacial score (nSPS) is 10.7. The van der Waals surface area contributed by atoms with Crippen molar-refractivity contribution in [2.45, 2.75) is 13.3 Å². The van der Waals surface area contributed by atoms with E-state index in [4.69, 9.17) is 4.98 Å². The van der Waals surface area contributed by atoms with E-state index in [0.29, 0.717) is 5.56 Å². The van der Waals surface area contributed by atoms with Crippen molar-refractivity contribution >= 4 is 22.5 Å². The Hall–Kier alpha value is -3.53. The van der Waals surface area contributed by atoms with Gasteiger partial charge in [-0.2, -0.15) is 0 Å². The van der Waals surface area contributed by atoms with Gasteiger partial charge < -0.3 is 5.32 Å². The molecule has 0 aliphatic rings. The van der Waals surface area contributed by atoms with Crippen LogP contribution in [0.2, 0.25) is 0 Å². The topological polar surface area (TPSA) is 54.9 Å². The zero-order valence-electron chi connectivity index (χ0n) is 15.0. The molecule has 2 heterocycles. The second-order valence-electron chi connectivity index (χ2n) is 6.32. The lowest BCUT2D eigenvalue weighted by Gasteiger charge is -2.11. The number of carbonyl (C=O) groups is 1. The fourth-order valence-electron chi connectivity index (χ4n) is 3.05. The smallest absolute Gasteiger partial charge is 0.256 e. The van der Waals surface area contributed by atoms with E-state index in [1.165, 1.54) is 5.56 Å². The predicted octanol–water partition coefficient (Wildman–Crippen LogP) is 5.11. The molecule has 0 saturated carbocycles. The number of nitrogens with one attached hydrogen (secondary N) is 1. The van der Waals surface area contributed by atoms with Crippen LogP contribution < -0.4 is 5.32 Å². The summed E-state index contributed by atoms with van der Waals surface area (Å²) in [5.41, 5.74) is 5.00. The molecular formula is C23H19N3O. The minimum Gasteiger partial charge on any atom is -0.322 e. The van der Waals surface area contributed by atoms with Gasteiger partial charge in [-0.1, -0.05) is 37.3 Å². The average Bonchev–Trinajstić information content (AvgIpc) is 2.74. The highest BCUT2D eigenvalue weighted by Crippen LogP contribution is 2.25. The van der Waals surface area contributed by atoms with Crippen LogP contribution in [-0.2, 0) is 6.42 Å². The summed E-state index contributed by atoms with van der Waals surface area (Å²) in [5, 5.41) is 3.82. The van der Waals surface area contributed by atoms with E-state index < -0.39 is 0 Å². The molecule has 2 aromatic carbocycles. The van der Waals surface area contributed by atoms with Crippen LogP contribution in [0.5, 0.6) is 0 Å². The highest BCUT2D eigenvalue weighted by molar-refractivity contribution is 6.13. The van der Waals surface area contributed by atoms with Crippen LogP contribution in [0.4, 0.5) is 5.69 Å². The molecule has 0 aliphatic carbocycles. The lowest BCUT2D eigenvalue weighted by Crippen LogP contribution is -2.13. The van der Waals surface area contributed by atoms with Gasteiger partial charge in [0.25, 0.3) is 5.91 Å². The molecule has 4 aromatic rings. The second-order valence-corrected chi connectivity index (χ2v) is 6.32. The zero-order valence-corrected chi connectivity index (χ0v) is 15.0. The Morgan fingerprint density at radius 3 is 2.56 bits per heavy atom. The van der Waals surface area contributed by atoms with Crippen molar-refractivity contribution in [3.8, 4) is 11.3 Å².